The Morgan fingerprint density at radius 1 is 1.58 bits per heavy atom. The summed E-state index contributed by atoms with van der Waals surface area (Å²) in [5.41, 5.74) is -0.165. The monoisotopic (exact) mass is 171 g/mol. The van der Waals surface area contributed by atoms with Gasteiger partial charge in [-0.3, -0.25) is 4.79 Å². The van der Waals surface area contributed by atoms with E-state index in [1.165, 1.54) is 6.92 Å². The first-order chi connectivity index (χ1) is 5.68. The Bertz CT molecular complexity index is 164. The van der Waals surface area contributed by atoms with E-state index in [-0.39, 0.29) is 11.6 Å². The summed E-state index contributed by atoms with van der Waals surface area (Å²) in [7, 11) is 0. The van der Waals surface area contributed by atoms with Gasteiger partial charge in [0.05, 0.1) is 0 Å². The first kappa shape index (κ1) is 9.52. The van der Waals surface area contributed by atoms with Crippen molar-refractivity contribution in [3.05, 3.63) is 0 Å². The zero-order valence-electron chi connectivity index (χ0n) is 7.85. The van der Waals surface area contributed by atoms with E-state index in [0.29, 0.717) is 0 Å². The SMILES string of the molecule is CCCCC1(OC(C)=O)CNC1. The fourth-order valence-corrected chi connectivity index (χ4v) is 1.51. The highest BCUT2D eigenvalue weighted by molar-refractivity contribution is 5.66. The van der Waals surface area contributed by atoms with Crippen LogP contribution in [0.4, 0.5) is 0 Å². The van der Waals surface area contributed by atoms with Crippen LogP contribution in [0.15, 0.2) is 0 Å². The highest BCUT2D eigenvalue weighted by Crippen LogP contribution is 2.23. The van der Waals surface area contributed by atoms with Gasteiger partial charge < -0.3 is 10.1 Å². The Morgan fingerprint density at radius 3 is 2.58 bits per heavy atom. The van der Waals surface area contributed by atoms with Crippen molar-refractivity contribution in [3.8, 4) is 0 Å². The zero-order chi connectivity index (χ0) is 9.03. The van der Waals surface area contributed by atoms with Gasteiger partial charge in [-0.15, -0.1) is 0 Å². The maximum atomic E-state index is 10.8. The minimum atomic E-state index is -0.165. The van der Waals surface area contributed by atoms with Gasteiger partial charge in [0.15, 0.2) is 0 Å². The molecule has 0 radical (unpaired) electrons. The zero-order valence-corrected chi connectivity index (χ0v) is 7.85. The van der Waals surface area contributed by atoms with Crippen molar-refractivity contribution in [3.63, 3.8) is 0 Å². The highest BCUT2D eigenvalue weighted by Gasteiger charge is 2.39. The van der Waals surface area contributed by atoms with Crippen LogP contribution in [-0.2, 0) is 9.53 Å². The van der Waals surface area contributed by atoms with Gasteiger partial charge in [-0.25, -0.2) is 0 Å². The Labute approximate surface area is 73.5 Å². The number of rotatable bonds is 4. The van der Waals surface area contributed by atoms with Crippen LogP contribution >= 0.6 is 0 Å². The van der Waals surface area contributed by atoms with Gasteiger partial charge in [-0.1, -0.05) is 13.3 Å². The molecule has 0 spiro atoms. The van der Waals surface area contributed by atoms with E-state index in [0.717, 1.165) is 32.4 Å². The van der Waals surface area contributed by atoms with Crippen LogP contribution in [0.3, 0.4) is 0 Å². The molecular weight excluding hydrogens is 154 g/mol. The Balaban J connectivity index is 2.34. The number of unbranched alkanes of at least 4 members (excludes halogenated alkanes) is 1. The molecule has 0 bridgehead atoms. The second-order valence-electron chi connectivity index (χ2n) is 3.48. The summed E-state index contributed by atoms with van der Waals surface area (Å²) in [5.74, 6) is -0.160. The lowest BCUT2D eigenvalue weighted by molar-refractivity contribution is -0.163. The number of nitrogens with one attached hydrogen (secondary N) is 1. The molecule has 1 saturated heterocycles. The van der Waals surface area contributed by atoms with Gasteiger partial charge in [0.1, 0.15) is 5.60 Å². The van der Waals surface area contributed by atoms with Crippen LogP contribution in [0.25, 0.3) is 0 Å². The van der Waals surface area contributed by atoms with Crippen LogP contribution in [-0.4, -0.2) is 24.7 Å². The third-order valence-electron chi connectivity index (χ3n) is 2.24. The standard InChI is InChI=1S/C9H17NO2/c1-3-4-5-9(6-10-7-9)12-8(2)11/h10H,3-7H2,1-2H3. The molecule has 70 valence electrons. The first-order valence-corrected chi connectivity index (χ1v) is 4.59. The molecule has 1 rings (SSSR count). The average Bonchev–Trinajstić information content (AvgIpc) is 1.94. The third-order valence-corrected chi connectivity index (χ3v) is 2.24. The van der Waals surface area contributed by atoms with Crippen LogP contribution in [0, 0.1) is 0 Å². The quantitative estimate of drug-likeness (QED) is 0.643. The van der Waals surface area contributed by atoms with Gasteiger partial charge in [-0.2, -0.15) is 0 Å². The molecule has 1 aliphatic rings. The average molecular weight is 171 g/mol. The predicted octanol–water partition coefficient (Wildman–Crippen LogP) is 1.08. The molecule has 1 aliphatic heterocycles. The van der Waals surface area contributed by atoms with E-state index in [1.54, 1.807) is 0 Å². The fraction of sp³-hybridized carbons (Fsp3) is 0.889. The fourth-order valence-electron chi connectivity index (χ4n) is 1.51. The van der Waals surface area contributed by atoms with E-state index >= 15 is 0 Å². The molecule has 12 heavy (non-hydrogen) atoms. The van der Waals surface area contributed by atoms with E-state index in [1.807, 2.05) is 0 Å². The topological polar surface area (TPSA) is 38.3 Å². The number of ether oxygens (including phenoxy) is 1. The van der Waals surface area contributed by atoms with Crippen LogP contribution in [0.1, 0.15) is 33.1 Å². The maximum absolute atomic E-state index is 10.8. The molecule has 0 unspecified atom stereocenters. The maximum Gasteiger partial charge on any atom is 0.303 e. The number of hydrogen-bond acceptors (Lipinski definition) is 3. The molecule has 3 nitrogen and oxygen atoms in total. The largest absolute Gasteiger partial charge is 0.457 e. The lowest BCUT2D eigenvalue weighted by Gasteiger charge is -2.41. The molecule has 0 aliphatic carbocycles. The molecule has 0 atom stereocenters. The summed E-state index contributed by atoms with van der Waals surface area (Å²) in [6.45, 7) is 5.28. The Hall–Kier alpha value is -0.570. The van der Waals surface area contributed by atoms with Gasteiger partial charge in [0.2, 0.25) is 0 Å². The molecule has 1 heterocycles. The van der Waals surface area contributed by atoms with Crippen LogP contribution in [0.2, 0.25) is 0 Å². The third kappa shape index (κ3) is 2.21. The molecule has 0 aromatic carbocycles. The number of carbonyl (C=O) groups is 1. The van der Waals surface area contributed by atoms with E-state index < -0.39 is 0 Å². The molecule has 0 aromatic rings. The normalized spacial score (nSPS) is 19.8. The molecule has 3 heteroatoms. The summed E-state index contributed by atoms with van der Waals surface area (Å²) < 4.78 is 5.27. The molecule has 1 N–H and O–H groups in total. The summed E-state index contributed by atoms with van der Waals surface area (Å²) in [4.78, 5) is 10.8. The number of hydrogen-bond donors (Lipinski definition) is 1. The Morgan fingerprint density at radius 2 is 2.25 bits per heavy atom. The van der Waals surface area contributed by atoms with Crippen LogP contribution < -0.4 is 5.32 Å². The van der Waals surface area contributed by atoms with Gasteiger partial charge in [0.25, 0.3) is 0 Å². The summed E-state index contributed by atoms with van der Waals surface area (Å²) in [5, 5.41) is 3.14. The lowest BCUT2D eigenvalue weighted by atomic mass is 9.90. The van der Waals surface area contributed by atoms with Gasteiger partial charge in [-0.05, 0) is 12.8 Å². The van der Waals surface area contributed by atoms with E-state index in [4.69, 9.17) is 4.74 Å². The lowest BCUT2D eigenvalue weighted by Crippen LogP contribution is -2.61. The molecule has 0 amide bonds. The molecule has 1 fully saturated rings. The van der Waals surface area contributed by atoms with E-state index in [2.05, 4.69) is 12.2 Å². The van der Waals surface area contributed by atoms with Crippen LogP contribution in [0.5, 0.6) is 0 Å². The highest BCUT2D eigenvalue weighted by atomic mass is 16.6. The van der Waals surface area contributed by atoms with Crippen molar-refractivity contribution in [2.24, 2.45) is 0 Å². The van der Waals surface area contributed by atoms with Crippen molar-refractivity contribution >= 4 is 5.97 Å². The molecule has 0 saturated carbocycles. The van der Waals surface area contributed by atoms with Crippen molar-refractivity contribution in [2.45, 2.75) is 38.7 Å². The first-order valence-electron chi connectivity index (χ1n) is 4.59. The minimum absolute atomic E-state index is 0.160. The minimum Gasteiger partial charge on any atom is -0.457 e. The van der Waals surface area contributed by atoms with Crippen molar-refractivity contribution in [2.75, 3.05) is 13.1 Å². The second kappa shape index (κ2) is 3.90. The van der Waals surface area contributed by atoms with Gasteiger partial charge in [0, 0.05) is 20.0 Å². The van der Waals surface area contributed by atoms with Crippen molar-refractivity contribution in [1.82, 2.24) is 5.32 Å². The summed E-state index contributed by atoms with van der Waals surface area (Å²) >= 11 is 0. The number of carbonyl (C=O) groups excluding carboxylic acids is 1. The van der Waals surface area contributed by atoms with Crippen molar-refractivity contribution < 1.29 is 9.53 Å². The number of esters is 1. The molecular formula is C9H17NO2. The summed E-state index contributed by atoms with van der Waals surface area (Å²) in [6.07, 6.45) is 3.29. The van der Waals surface area contributed by atoms with E-state index in [9.17, 15) is 4.79 Å². The van der Waals surface area contributed by atoms with Crippen molar-refractivity contribution in [1.29, 1.82) is 0 Å². The Kier molecular flexibility index (Phi) is 3.09. The smallest absolute Gasteiger partial charge is 0.303 e. The summed E-state index contributed by atoms with van der Waals surface area (Å²) in [6, 6.07) is 0. The van der Waals surface area contributed by atoms with Gasteiger partial charge >= 0.3 is 5.97 Å². The second-order valence-corrected chi connectivity index (χ2v) is 3.48. The molecule has 0 aromatic heterocycles. The predicted molar refractivity (Wildman–Crippen MR) is 46.9 cm³/mol.